The third-order valence-corrected chi connectivity index (χ3v) is 2.27. The predicted octanol–water partition coefficient (Wildman–Crippen LogP) is 1.98. The van der Waals surface area contributed by atoms with E-state index in [1.807, 2.05) is 31.2 Å². The van der Waals surface area contributed by atoms with Crippen LogP contribution in [0.1, 0.15) is 11.1 Å². The summed E-state index contributed by atoms with van der Waals surface area (Å²) in [5, 5.41) is 3.13. The first-order valence-electron chi connectivity index (χ1n) is 5.11. The van der Waals surface area contributed by atoms with Gasteiger partial charge in [-0.15, -0.1) is 0 Å². The summed E-state index contributed by atoms with van der Waals surface area (Å²) < 4.78 is 0. The fourth-order valence-corrected chi connectivity index (χ4v) is 1.35. The molecule has 1 heterocycles. The van der Waals surface area contributed by atoms with Gasteiger partial charge in [0, 0.05) is 24.6 Å². The molecule has 1 aromatic carbocycles. The maximum absolute atomic E-state index is 5.83. The van der Waals surface area contributed by atoms with Crippen molar-refractivity contribution in [3.05, 3.63) is 47.8 Å². The van der Waals surface area contributed by atoms with Crippen molar-refractivity contribution in [3.63, 3.8) is 0 Å². The Labute approximate surface area is 94.5 Å². The fraction of sp³-hybridized carbons (Fsp3) is 0.167. The fourth-order valence-electron chi connectivity index (χ4n) is 1.35. The van der Waals surface area contributed by atoms with Crippen LogP contribution in [0.15, 0.2) is 36.7 Å². The average Bonchev–Trinajstić information content (AvgIpc) is 2.30. The van der Waals surface area contributed by atoms with Crippen LogP contribution in [0.5, 0.6) is 0 Å². The van der Waals surface area contributed by atoms with Crippen molar-refractivity contribution in [1.29, 1.82) is 0 Å². The number of aromatic nitrogens is 2. The van der Waals surface area contributed by atoms with Crippen molar-refractivity contribution in [2.45, 2.75) is 13.5 Å². The van der Waals surface area contributed by atoms with E-state index in [1.54, 1.807) is 12.4 Å². The van der Waals surface area contributed by atoms with Crippen LogP contribution >= 0.6 is 0 Å². The quantitative estimate of drug-likeness (QED) is 0.767. The van der Waals surface area contributed by atoms with Crippen molar-refractivity contribution in [2.24, 2.45) is 0 Å². The summed E-state index contributed by atoms with van der Waals surface area (Å²) in [6.07, 6.45) is 3.56. The molecule has 0 bridgehead atoms. The number of hydrogen-bond donors (Lipinski definition) is 2. The number of nitrogens with one attached hydrogen (secondary N) is 1. The van der Waals surface area contributed by atoms with Crippen LogP contribution in [-0.4, -0.2) is 9.97 Å². The van der Waals surface area contributed by atoms with Crippen molar-refractivity contribution in [2.75, 3.05) is 11.1 Å². The summed E-state index contributed by atoms with van der Waals surface area (Å²) in [5.41, 5.74) is 8.70. The molecular weight excluding hydrogens is 200 g/mol. The molecule has 82 valence electrons. The minimum atomic E-state index is 0.619. The number of rotatable bonds is 3. The van der Waals surface area contributed by atoms with E-state index in [4.69, 9.17) is 5.73 Å². The molecule has 0 aliphatic heterocycles. The molecule has 0 saturated heterocycles. The van der Waals surface area contributed by atoms with Gasteiger partial charge < -0.3 is 11.1 Å². The largest absolute Gasteiger partial charge is 0.398 e. The Balaban J connectivity index is 2.02. The molecule has 1 aromatic heterocycles. The van der Waals surface area contributed by atoms with Gasteiger partial charge in [0.05, 0.1) is 0 Å². The maximum atomic E-state index is 5.83. The second-order valence-corrected chi connectivity index (χ2v) is 3.64. The zero-order valence-corrected chi connectivity index (χ0v) is 9.14. The Hall–Kier alpha value is -2.10. The van der Waals surface area contributed by atoms with Gasteiger partial charge in [-0.2, -0.15) is 0 Å². The van der Waals surface area contributed by atoms with Crippen LogP contribution in [0, 0.1) is 6.92 Å². The molecule has 0 aliphatic carbocycles. The first kappa shape index (κ1) is 10.4. The third kappa shape index (κ3) is 2.48. The lowest BCUT2D eigenvalue weighted by molar-refractivity contribution is 1.04. The van der Waals surface area contributed by atoms with Gasteiger partial charge >= 0.3 is 0 Å². The predicted molar refractivity (Wildman–Crippen MR) is 65.0 cm³/mol. The van der Waals surface area contributed by atoms with Gasteiger partial charge in [-0.3, -0.25) is 0 Å². The molecule has 2 rings (SSSR count). The average molecular weight is 214 g/mol. The number of benzene rings is 1. The van der Waals surface area contributed by atoms with Crippen molar-refractivity contribution < 1.29 is 0 Å². The van der Waals surface area contributed by atoms with E-state index in [9.17, 15) is 0 Å². The van der Waals surface area contributed by atoms with Gasteiger partial charge in [0.15, 0.2) is 0 Å². The second-order valence-electron chi connectivity index (χ2n) is 3.64. The zero-order valence-electron chi connectivity index (χ0n) is 9.14. The number of hydrogen-bond acceptors (Lipinski definition) is 4. The number of nitrogen functional groups attached to an aromatic ring is 1. The molecule has 0 radical (unpaired) electrons. The summed E-state index contributed by atoms with van der Waals surface area (Å²) in [7, 11) is 0. The maximum Gasteiger partial charge on any atom is 0.222 e. The Morgan fingerprint density at radius 2 is 1.88 bits per heavy atom. The zero-order chi connectivity index (χ0) is 11.4. The van der Waals surface area contributed by atoms with E-state index in [2.05, 4.69) is 15.3 Å². The molecule has 2 aromatic rings. The van der Waals surface area contributed by atoms with Crippen molar-refractivity contribution >= 4 is 11.6 Å². The number of para-hydroxylation sites is 1. The first-order chi connectivity index (χ1) is 7.75. The molecule has 0 saturated carbocycles. The monoisotopic (exact) mass is 214 g/mol. The summed E-state index contributed by atoms with van der Waals surface area (Å²) in [6.45, 7) is 2.59. The number of nitrogens with two attached hydrogens (primary N) is 1. The summed E-state index contributed by atoms with van der Waals surface area (Å²) in [4.78, 5) is 8.32. The van der Waals surface area contributed by atoms with Crippen molar-refractivity contribution in [3.8, 4) is 0 Å². The van der Waals surface area contributed by atoms with E-state index >= 15 is 0 Å². The standard InChI is InChI=1S/C12H14N4/c1-9-6-14-12(15-7-9)16-8-10-4-2-3-5-11(10)13/h2-7H,8,13H2,1H3,(H,14,15,16). The number of aryl methyl sites for hydroxylation is 1. The SMILES string of the molecule is Cc1cnc(NCc2ccccc2N)nc1. The normalized spacial score (nSPS) is 10.1. The molecule has 0 amide bonds. The van der Waals surface area contributed by atoms with Gasteiger partial charge in [0.25, 0.3) is 0 Å². The van der Waals surface area contributed by atoms with Gasteiger partial charge in [-0.05, 0) is 24.1 Å². The van der Waals surface area contributed by atoms with Gasteiger partial charge in [-0.1, -0.05) is 18.2 Å². The lowest BCUT2D eigenvalue weighted by atomic mass is 10.2. The Morgan fingerprint density at radius 1 is 1.19 bits per heavy atom. The van der Waals surface area contributed by atoms with Gasteiger partial charge in [-0.25, -0.2) is 9.97 Å². The molecule has 0 aliphatic rings. The molecule has 0 atom stereocenters. The first-order valence-corrected chi connectivity index (χ1v) is 5.11. The summed E-state index contributed by atoms with van der Waals surface area (Å²) in [6, 6.07) is 7.74. The highest BCUT2D eigenvalue weighted by molar-refractivity contribution is 5.47. The van der Waals surface area contributed by atoms with E-state index in [-0.39, 0.29) is 0 Å². The minimum Gasteiger partial charge on any atom is -0.398 e. The number of nitrogens with zero attached hydrogens (tertiary/aromatic N) is 2. The Kier molecular flexibility index (Phi) is 3.00. The van der Waals surface area contributed by atoms with Crippen LogP contribution in [0.25, 0.3) is 0 Å². The molecular formula is C12H14N4. The van der Waals surface area contributed by atoms with E-state index in [1.165, 1.54) is 0 Å². The molecule has 0 fully saturated rings. The topological polar surface area (TPSA) is 63.8 Å². The lowest BCUT2D eigenvalue weighted by Crippen LogP contribution is -2.05. The van der Waals surface area contributed by atoms with Crippen LogP contribution in [0.2, 0.25) is 0 Å². The second kappa shape index (κ2) is 4.61. The molecule has 4 heteroatoms. The van der Waals surface area contributed by atoms with E-state index in [0.717, 1.165) is 16.8 Å². The molecule has 3 N–H and O–H groups in total. The van der Waals surface area contributed by atoms with Gasteiger partial charge in [0.1, 0.15) is 0 Å². The Morgan fingerprint density at radius 3 is 2.56 bits per heavy atom. The summed E-state index contributed by atoms with van der Waals surface area (Å²) in [5.74, 6) is 0.619. The van der Waals surface area contributed by atoms with E-state index in [0.29, 0.717) is 12.5 Å². The molecule has 0 unspecified atom stereocenters. The minimum absolute atomic E-state index is 0.619. The van der Waals surface area contributed by atoms with Crippen LogP contribution in [-0.2, 0) is 6.54 Å². The van der Waals surface area contributed by atoms with E-state index < -0.39 is 0 Å². The van der Waals surface area contributed by atoms with Gasteiger partial charge in [0.2, 0.25) is 5.95 Å². The molecule has 16 heavy (non-hydrogen) atoms. The highest BCUT2D eigenvalue weighted by Gasteiger charge is 1.98. The molecule has 4 nitrogen and oxygen atoms in total. The highest BCUT2D eigenvalue weighted by atomic mass is 15.1. The number of anilines is 2. The Bertz CT molecular complexity index is 465. The molecule has 0 spiro atoms. The van der Waals surface area contributed by atoms with Crippen LogP contribution in [0.4, 0.5) is 11.6 Å². The third-order valence-electron chi connectivity index (χ3n) is 2.27. The smallest absolute Gasteiger partial charge is 0.222 e. The van der Waals surface area contributed by atoms with Crippen molar-refractivity contribution in [1.82, 2.24) is 9.97 Å². The van der Waals surface area contributed by atoms with Crippen LogP contribution < -0.4 is 11.1 Å². The summed E-state index contributed by atoms with van der Waals surface area (Å²) >= 11 is 0. The van der Waals surface area contributed by atoms with Crippen LogP contribution in [0.3, 0.4) is 0 Å². The highest BCUT2D eigenvalue weighted by Crippen LogP contribution is 2.11. The lowest BCUT2D eigenvalue weighted by Gasteiger charge is -2.06.